The molecule has 0 spiro atoms. The van der Waals surface area contributed by atoms with Crippen LogP contribution < -0.4 is 0 Å². The number of amides is 2. The number of hydrogen-bond donors (Lipinski definition) is 1. The van der Waals surface area contributed by atoms with E-state index >= 15 is 0 Å². The van der Waals surface area contributed by atoms with Gasteiger partial charge in [0.2, 0.25) is 11.8 Å². The maximum Gasteiger partial charge on any atom is 0.222 e. The molecule has 0 bridgehead atoms. The average molecular weight is 493 g/mol. The third kappa shape index (κ3) is 12.2. The van der Waals surface area contributed by atoms with E-state index in [-0.39, 0.29) is 29.3 Å². The van der Waals surface area contributed by atoms with Crippen LogP contribution in [0.3, 0.4) is 0 Å². The van der Waals surface area contributed by atoms with Crippen LogP contribution >= 0.6 is 0 Å². The summed E-state index contributed by atoms with van der Waals surface area (Å²) in [6, 6.07) is 0. The first-order valence-electron chi connectivity index (χ1n) is 13.5. The Morgan fingerprint density at radius 1 is 0.800 bits per heavy atom. The van der Waals surface area contributed by atoms with Crippen molar-refractivity contribution in [1.82, 2.24) is 9.80 Å². The Balaban J connectivity index is 0.000000351. The summed E-state index contributed by atoms with van der Waals surface area (Å²) in [4.78, 5) is 27.2. The van der Waals surface area contributed by atoms with E-state index in [0.717, 1.165) is 70.8 Å². The number of carbonyl (C=O) groups is 2. The topological polar surface area (TPSA) is 70.1 Å². The summed E-state index contributed by atoms with van der Waals surface area (Å²) in [5, 5.41) is 8.86. The fraction of sp³-hybridized carbons (Fsp3) is 0.793. The molecule has 0 saturated carbocycles. The molecule has 2 rings (SSSR count). The monoisotopic (exact) mass is 492 g/mol. The van der Waals surface area contributed by atoms with Crippen molar-refractivity contribution in [3.05, 3.63) is 24.3 Å². The van der Waals surface area contributed by atoms with E-state index in [9.17, 15) is 9.59 Å². The van der Waals surface area contributed by atoms with Crippen molar-refractivity contribution in [2.45, 2.75) is 89.9 Å². The number of allylic oxidation sites excluding steroid dienone is 4. The number of ether oxygens (including phenoxy) is 1. The van der Waals surface area contributed by atoms with Crippen LogP contribution in [0.4, 0.5) is 0 Å². The van der Waals surface area contributed by atoms with Crippen molar-refractivity contribution in [3.8, 4) is 0 Å². The van der Waals surface area contributed by atoms with Gasteiger partial charge in [-0.05, 0) is 75.0 Å². The minimum Gasteiger partial charge on any atom is -0.396 e. The molecular formula is C29H52N2O4. The first-order valence-corrected chi connectivity index (χ1v) is 13.5. The molecule has 0 aromatic rings. The lowest BCUT2D eigenvalue weighted by molar-refractivity contribution is -0.131. The summed E-state index contributed by atoms with van der Waals surface area (Å²) in [6.07, 6.45) is 23.4. The zero-order chi connectivity index (χ0) is 26.2. The molecule has 0 aromatic carbocycles. The highest BCUT2D eigenvalue weighted by atomic mass is 16.5. The van der Waals surface area contributed by atoms with Gasteiger partial charge in [-0.15, -0.1) is 0 Å². The summed E-state index contributed by atoms with van der Waals surface area (Å²) in [5.74, 6) is 0.453. The molecule has 202 valence electrons. The minimum atomic E-state index is 0.0504. The Morgan fingerprint density at radius 2 is 1.26 bits per heavy atom. The predicted octanol–water partition coefficient (Wildman–Crippen LogP) is 5.36. The molecule has 0 saturated heterocycles. The van der Waals surface area contributed by atoms with Crippen LogP contribution in [-0.4, -0.2) is 75.2 Å². The Kier molecular flexibility index (Phi) is 15.2. The lowest BCUT2D eigenvalue weighted by Crippen LogP contribution is -2.31. The van der Waals surface area contributed by atoms with Crippen LogP contribution in [0.5, 0.6) is 0 Å². The van der Waals surface area contributed by atoms with Gasteiger partial charge in [-0.2, -0.15) is 0 Å². The number of methoxy groups -OCH3 is 1. The van der Waals surface area contributed by atoms with Crippen LogP contribution in [0.15, 0.2) is 24.3 Å². The lowest BCUT2D eigenvalue weighted by Gasteiger charge is -2.34. The third-order valence-corrected chi connectivity index (χ3v) is 7.39. The van der Waals surface area contributed by atoms with E-state index in [4.69, 9.17) is 9.84 Å². The molecular weight excluding hydrogens is 440 g/mol. The van der Waals surface area contributed by atoms with Crippen molar-refractivity contribution < 1.29 is 19.4 Å². The molecule has 35 heavy (non-hydrogen) atoms. The number of rotatable bonds is 13. The molecule has 0 aliphatic heterocycles. The van der Waals surface area contributed by atoms with Gasteiger partial charge in [0.1, 0.15) is 0 Å². The Labute approximate surface area is 214 Å². The van der Waals surface area contributed by atoms with Gasteiger partial charge in [-0.3, -0.25) is 9.59 Å². The van der Waals surface area contributed by atoms with Gasteiger partial charge in [0.05, 0.1) is 0 Å². The molecule has 0 heterocycles. The molecule has 1 N–H and O–H groups in total. The second-order valence-electron chi connectivity index (χ2n) is 10.9. The fourth-order valence-corrected chi connectivity index (χ4v) is 5.10. The highest BCUT2D eigenvalue weighted by Crippen LogP contribution is 2.40. The Bertz CT molecular complexity index is 674. The van der Waals surface area contributed by atoms with E-state index in [2.05, 4.69) is 24.3 Å². The fourth-order valence-electron chi connectivity index (χ4n) is 5.10. The van der Waals surface area contributed by atoms with Gasteiger partial charge in [0.25, 0.3) is 0 Å². The van der Waals surface area contributed by atoms with Crippen LogP contribution in [0, 0.1) is 10.8 Å². The zero-order valence-corrected chi connectivity index (χ0v) is 23.2. The van der Waals surface area contributed by atoms with Gasteiger partial charge in [0.15, 0.2) is 0 Å². The molecule has 2 atom stereocenters. The summed E-state index contributed by atoms with van der Waals surface area (Å²) in [6.45, 7) is 1.07. The van der Waals surface area contributed by atoms with Crippen molar-refractivity contribution in [2.75, 3.05) is 48.5 Å². The van der Waals surface area contributed by atoms with Gasteiger partial charge < -0.3 is 19.6 Å². The van der Waals surface area contributed by atoms with Crippen LogP contribution in [0.25, 0.3) is 0 Å². The molecule has 2 amide bonds. The van der Waals surface area contributed by atoms with Crippen LogP contribution in [-0.2, 0) is 14.3 Å². The normalized spacial score (nSPS) is 23.4. The Hall–Kier alpha value is -1.66. The number of nitrogens with zero attached hydrogens (tertiary/aromatic N) is 2. The molecule has 0 fully saturated rings. The number of carbonyl (C=O) groups excluding carboxylic acids is 2. The third-order valence-electron chi connectivity index (χ3n) is 7.39. The van der Waals surface area contributed by atoms with E-state index < -0.39 is 0 Å². The predicted molar refractivity (Wildman–Crippen MR) is 144 cm³/mol. The van der Waals surface area contributed by atoms with Gasteiger partial charge in [-0.25, -0.2) is 0 Å². The van der Waals surface area contributed by atoms with E-state index in [1.54, 1.807) is 16.9 Å². The van der Waals surface area contributed by atoms with Crippen molar-refractivity contribution in [3.63, 3.8) is 0 Å². The minimum absolute atomic E-state index is 0.0504. The van der Waals surface area contributed by atoms with E-state index in [1.165, 1.54) is 12.8 Å². The standard InChI is InChI=1S/C15H27NO2.C14H25NO2/c1-16(2)14(17)13-15(9-5-4-6-10-15)11-7-8-12-18-3;1-15(2)13(17)12-14(10-6-7-11-16)8-4-3-5-9-14/h5,9H,4,6-8,10-13H2,1-3H3;4,8,16H,3,5-7,9-12H2,1-2H3/t15-;14-/m00/s1. The summed E-state index contributed by atoms with van der Waals surface area (Å²) in [7, 11) is 9.05. The second kappa shape index (κ2) is 16.9. The number of aliphatic hydroxyl groups is 1. The van der Waals surface area contributed by atoms with Gasteiger partial charge in [-0.1, -0.05) is 37.1 Å². The molecule has 2 aliphatic carbocycles. The summed E-state index contributed by atoms with van der Waals surface area (Å²) in [5.41, 5.74) is 0.155. The van der Waals surface area contributed by atoms with Gasteiger partial charge >= 0.3 is 0 Å². The van der Waals surface area contributed by atoms with Crippen LogP contribution in [0.1, 0.15) is 89.9 Å². The summed E-state index contributed by atoms with van der Waals surface area (Å²) >= 11 is 0. The highest BCUT2D eigenvalue weighted by Gasteiger charge is 2.32. The maximum atomic E-state index is 12.0. The summed E-state index contributed by atoms with van der Waals surface area (Å²) < 4.78 is 5.09. The number of hydrogen-bond acceptors (Lipinski definition) is 4. The first-order chi connectivity index (χ1) is 16.7. The Morgan fingerprint density at radius 3 is 1.60 bits per heavy atom. The van der Waals surface area contributed by atoms with Crippen molar-refractivity contribution in [2.24, 2.45) is 10.8 Å². The second-order valence-corrected chi connectivity index (χ2v) is 10.9. The van der Waals surface area contributed by atoms with Crippen molar-refractivity contribution in [1.29, 1.82) is 0 Å². The zero-order valence-electron chi connectivity index (χ0n) is 23.2. The molecule has 6 heteroatoms. The lowest BCUT2D eigenvalue weighted by atomic mass is 9.72. The van der Waals surface area contributed by atoms with E-state index in [0.29, 0.717) is 12.8 Å². The van der Waals surface area contributed by atoms with Crippen molar-refractivity contribution >= 4 is 11.8 Å². The smallest absolute Gasteiger partial charge is 0.222 e. The molecule has 6 nitrogen and oxygen atoms in total. The van der Waals surface area contributed by atoms with E-state index in [1.807, 2.05) is 28.2 Å². The maximum absolute atomic E-state index is 12.0. The van der Waals surface area contributed by atoms with Crippen LogP contribution in [0.2, 0.25) is 0 Å². The molecule has 0 radical (unpaired) electrons. The molecule has 0 aromatic heterocycles. The number of unbranched alkanes of at least 4 members (excludes halogenated alkanes) is 2. The average Bonchev–Trinajstić information content (AvgIpc) is 2.83. The molecule has 2 aliphatic rings. The SMILES string of the molecule is CN(C)C(=O)C[C@@]1(CCCCO)C=CCCC1.COCCCC[C@]1(CC(=O)N(C)C)C=CCCC1. The molecule has 0 unspecified atom stereocenters. The number of aliphatic hydroxyl groups excluding tert-OH is 1. The first kappa shape index (κ1) is 31.4. The van der Waals surface area contributed by atoms with Gasteiger partial charge in [0, 0.05) is 61.4 Å². The quantitative estimate of drug-likeness (QED) is 0.277. The highest BCUT2D eigenvalue weighted by molar-refractivity contribution is 5.77. The largest absolute Gasteiger partial charge is 0.396 e.